The molecule has 0 bridgehead atoms. The first kappa shape index (κ1) is 17.1. The maximum absolute atomic E-state index is 12.7. The molecule has 21 heavy (non-hydrogen) atoms. The fourth-order valence-corrected chi connectivity index (χ4v) is 6.18. The summed E-state index contributed by atoms with van der Waals surface area (Å²) in [6.07, 6.45) is 3.67. The highest BCUT2D eigenvalue weighted by Gasteiger charge is 2.39. The van der Waals surface area contributed by atoms with Crippen LogP contribution in [0.5, 0.6) is 0 Å². The summed E-state index contributed by atoms with van der Waals surface area (Å²) in [7, 11) is -3.21. The van der Waals surface area contributed by atoms with Crippen molar-refractivity contribution in [3.8, 4) is 0 Å². The van der Waals surface area contributed by atoms with Crippen LogP contribution in [-0.2, 0) is 14.6 Å². The van der Waals surface area contributed by atoms with E-state index in [1.165, 1.54) is 0 Å². The predicted octanol–water partition coefficient (Wildman–Crippen LogP) is 1.09. The molecule has 0 radical (unpaired) electrons. The molecule has 1 unspecified atom stereocenters. The lowest BCUT2D eigenvalue weighted by Gasteiger charge is -2.38. The molecule has 5 nitrogen and oxygen atoms in total. The maximum atomic E-state index is 12.7. The topological polar surface area (TPSA) is 80.5 Å². The summed E-state index contributed by atoms with van der Waals surface area (Å²) in [6, 6.07) is 0. The summed E-state index contributed by atoms with van der Waals surface area (Å²) in [4.78, 5) is 14.4. The molecule has 0 aromatic rings. The largest absolute Gasteiger partial charge is 0.330 e. The zero-order valence-electron chi connectivity index (χ0n) is 12.7. The van der Waals surface area contributed by atoms with Gasteiger partial charge in [-0.2, -0.15) is 11.8 Å². The molecule has 1 saturated carbocycles. The van der Waals surface area contributed by atoms with E-state index in [9.17, 15) is 13.2 Å². The fourth-order valence-electron chi connectivity index (χ4n) is 3.20. The summed E-state index contributed by atoms with van der Waals surface area (Å²) in [6.45, 7) is 2.90. The number of carbonyl (C=O) groups excluding carboxylic acids is 1. The van der Waals surface area contributed by atoms with Crippen molar-refractivity contribution in [3.05, 3.63) is 0 Å². The van der Waals surface area contributed by atoms with Crippen LogP contribution in [0.4, 0.5) is 0 Å². The summed E-state index contributed by atoms with van der Waals surface area (Å²) < 4.78 is 24.5. The third kappa shape index (κ3) is 3.93. The van der Waals surface area contributed by atoms with E-state index >= 15 is 0 Å². The van der Waals surface area contributed by atoms with Crippen molar-refractivity contribution in [2.75, 3.05) is 30.3 Å². The van der Waals surface area contributed by atoms with Crippen LogP contribution >= 0.6 is 11.8 Å². The van der Waals surface area contributed by atoms with E-state index in [1.54, 1.807) is 23.6 Å². The third-order valence-electron chi connectivity index (χ3n) is 4.71. The SMILES string of the molecule is CCS(=O)(=O)C1CSCCN1C(=O)C1CCC(CN)CC1. The van der Waals surface area contributed by atoms with Crippen LogP contribution in [0.2, 0.25) is 0 Å². The first-order chi connectivity index (χ1) is 9.99. The van der Waals surface area contributed by atoms with Crippen LogP contribution in [0.3, 0.4) is 0 Å². The lowest BCUT2D eigenvalue weighted by atomic mass is 9.81. The Morgan fingerprint density at radius 3 is 2.52 bits per heavy atom. The highest BCUT2D eigenvalue weighted by atomic mass is 32.2. The van der Waals surface area contributed by atoms with Crippen molar-refractivity contribution in [2.45, 2.75) is 38.0 Å². The molecule has 7 heteroatoms. The van der Waals surface area contributed by atoms with Gasteiger partial charge in [0.1, 0.15) is 5.37 Å². The van der Waals surface area contributed by atoms with Crippen LogP contribution in [0.15, 0.2) is 0 Å². The quantitative estimate of drug-likeness (QED) is 0.832. The minimum Gasteiger partial charge on any atom is -0.330 e. The van der Waals surface area contributed by atoms with Crippen molar-refractivity contribution < 1.29 is 13.2 Å². The van der Waals surface area contributed by atoms with Gasteiger partial charge in [0.2, 0.25) is 5.91 Å². The highest BCUT2D eigenvalue weighted by Crippen LogP contribution is 2.32. The minimum absolute atomic E-state index is 0.00884. The summed E-state index contributed by atoms with van der Waals surface area (Å²) in [5.74, 6) is 2.01. The van der Waals surface area contributed by atoms with Crippen molar-refractivity contribution in [3.63, 3.8) is 0 Å². The number of nitrogens with two attached hydrogens (primary N) is 1. The molecule has 0 aromatic carbocycles. The molecule has 0 spiro atoms. The Balaban J connectivity index is 2.06. The van der Waals surface area contributed by atoms with Crippen LogP contribution in [0, 0.1) is 11.8 Å². The molecular formula is C14H26N2O3S2. The average Bonchev–Trinajstić information content (AvgIpc) is 2.54. The summed E-state index contributed by atoms with van der Waals surface area (Å²) in [5.41, 5.74) is 5.69. The summed E-state index contributed by atoms with van der Waals surface area (Å²) >= 11 is 1.63. The first-order valence-electron chi connectivity index (χ1n) is 7.79. The van der Waals surface area contributed by atoms with Gasteiger partial charge in [0.05, 0.1) is 0 Å². The van der Waals surface area contributed by atoms with E-state index in [4.69, 9.17) is 5.73 Å². The monoisotopic (exact) mass is 334 g/mol. The second-order valence-corrected chi connectivity index (χ2v) is 9.56. The smallest absolute Gasteiger partial charge is 0.226 e. The van der Waals surface area contributed by atoms with E-state index in [1.807, 2.05) is 0 Å². The third-order valence-corrected chi connectivity index (χ3v) is 8.00. The molecular weight excluding hydrogens is 308 g/mol. The molecule has 1 aliphatic heterocycles. The Morgan fingerprint density at radius 2 is 1.95 bits per heavy atom. The number of hydrogen-bond donors (Lipinski definition) is 1. The van der Waals surface area contributed by atoms with Gasteiger partial charge in [-0.05, 0) is 38.1 Å². The van der Waals surface area contributed by atoms with E-state index in [0.717, 1.165) is 31.4 Å². The second kappa shape index (κ2) is 7.33. The lowest BCUT2D eigenvalue weighted by molar-refractivity contribution is -0.137. The van der Waals surface area contributed by atoms with Crippen molar-refractivity contribution in [1.82, 2.24) is 4.90 Å². The van der Waals surface area contributed by atoms with Crippen molar-refractivity contribution in [1.29, 1.82) is 0 Å². The van der Waals surface area contributed by atoms with Crippen molar-refractivity contribution >= 4 is 27.5 Å². The van der Waals surface area contributed by atoms with E-state index in [2.05, 4.69) is 0 Å². The number of thioether (sulfide) groups is 1. The number of rotatable bonds is 4. The van der Waals surface area contributed by atoms with Gasteiger partial charge >= 0.3 is 0 Å². The molecule has 1 heterocycles. The standard InChI is InChI=1S/C14H26N2O3S2/c1-2-21(18,19)13-10-20-8-7-16(13)14(17)12-5-3-11(9-15)4-6-12/h11-13H,2-10,15H2,1H3. The van der Waals surface area contributed by atoms with Crippen LogP contribution in [-0.4, -0.2) is 54.9 Å². The van der Waals surface area contributed by atoms with Crippen LogP contribution in [0.25, 0.3) is 0 Å². The molecule has 2 N–H and O–H groups in total. The van der Waals surface area contributed by atoms with Gasteiger partial charge < -0.3 is 10.6 Å². The molecule has 122 valence electrons. The number of amides is 1. The summed E-state index contributed by atoms with van der Waals surface area (Å²) in [5, 5.41) is -0.624. The zero-order valence-corrected chi connectivity index (χ0v) is 14.3. The Hall–Kier alpha value is -0.270. The molecule has 1 amide bonds. The fraction of sp³-hybridized carbons (Fsp3) is 0.929. The minimum atomic E-state index is -3.21. The maximum Gasteiger partial charge on any atom is 0.226 e. The van der Waals surface area contributed by atoms with Crippen molar-refractivity contribution in [2.24, 2.45) is 17.6 Å². The molecule has 1 aliphatic carbocycles. The number of nitrogens with zero attached hydrogens (tertiary/aromatic N) is 1. The molecule has 2 rings (SSSR count). The van der Waals surface area contributed by atoms with Gasteiger partial charge in [0.25, 0.3) is 0 Å². The second-order valence-electron chi connectivity index (χ2n) is 5.97. The Kier molecular flexibility index (Phi) is 5.96. The molecule has 0 aromatic heterocycles. The van der Waals surface area contributed by atoms with Gasteiger partial charge in [-0.25, -0.2) is 8.42 Å². The van der Waals surface area contributed by atoms with E-state index in [0.29, 0.717) is 24.8 Å². The number of carbonyl (C=O) groups is 1. The molecule has 1 saturated heterocycles. The van der Waals surface area contributed by atoms with Gasteiger partial charge in [-0.15, -0.1) is 0 Å². The van der Waals surface area contributed by atoms with Gasteiger partial charge in [-0.3, -0.25) is 4.79 Å². The average molecular weight is 335 g/mol. The normalized spacial score (nSPS) is 31.1. The van der Waals surface area contributed by atoms with Crippen LogP contribution in [0.1, 0.15) is 32.6 Å². The van der Waals surface area contributed by atoms with Crippen LogP contribution < -0.4 is 5.73 Å². The predicted molar refractivity (Wildman–Crippen MR) is 86.8 cm³/mol. The van der Waals surface area contributed by atoms with Gasteiger partial charge in [-0.1, -0.05) is 6.92 Å². The number of sulfone groups is 1. The highest BCUT2D eigenvalue weighted by molar-refractivity contribution is 8.01. The first-order valence-corrected chi connectivity index (χ1v) is 10.7. The van der Waals surface area contributed by atoms with E-state index < -0.39 is 15.2 Å². The molecule has 1 atom stereocenters. The molecule has 2 aliphatic rings. The Labute approximate surface area is 131 Å². The lowest BCUT2D eigenvalue weighted by Crippen LogP contribution is -2.52. The number of hydrogen-bond acceptors (Lipinski definition) is 5. The molecule has 2 fully saturated rings. The Bertz CT molecular complexity index is 459. The Morgan fingerprint density at radius 1 is 1.29 bits per heavy atom. The van der Waals surface area contributed by atoms with E-state index in [-0.39, 0.29) is 17.6 Å². The van der Waals surface area contributed by atoms with Gasteiger partial charge in [0, 0.05) is 29.7 Å². The van der Waals surface area contributed by atoms with Gasteiger partial charge in [0.15, 0.2) is 9.84 Å². The zero-order chi connectivity index (χ0) is 15.5.